The molecule has 0 aromatic heterocycles. The molecule has 0 N–H and O–H groups in total. The lowest BCUT2D eigenvalue weighted by atomic mass is 10.1. The van der Waals surface area contributed by atoms with Crippen molar-refractivity contribution in [2.45, 2.75) is 213 Å². The third-order valence-electron chi connectivity index (χ3n) is 10.1. The molecule has 0 rings (SSSR count). The standard InChI is InChI=1S/C56H90O6/c1-4-7-10-13-16-19-22-25-27-29-31-34-37-40-43-46-49-55(58)61-52-53(51-60-54(57)48-45-42-39-36-33-30-24-21-18-15-12-9-6-3)62-56(59)50-47-44-41-38-35-32-28-26-23-20-17-14-11-8-5-2/h7,9-10,12,15-21,23-27,31,34,53H,4-6,8,11,13-14,22,28-30,32-33,35-52H2,1-3H3/b10-7+,12-9+,18-15+,19-16+,20-17+,24-21+,26-23+,27-25+,34-31+. The topological polar surface area (TPSA) is 78.9 Å². The molecule has 62 heavy (non-hydrogen) atoms. The first-order valence-electron chi connectivity index (χ1n) is 24.9. The van der Waals surface area contributed by atoms with Crippen LogP contribution in [-0.2, 0) is 28.6 Å². The van der Waals surface area contributed by atoms with E-state index >= 15 is 0 Å². The van der Waals surface area contributed by atoms with E-state index in [1.807, 2.05) is 0 Å². The Balaban J connectivity index is 4.51. The summed E-state index contributed by atoms with van der Waals surface area (Å²) in [4.78, 5) is 37.9. The van der Waals surface area contributed by atoms with Crippen molar-refractivity contribution in [3.8, 4) is 0 Å². The van der Waals surface area contributed by atoms with Crippen molar-refractivity contribution in [3.63, 3.8) is 0 Å². The van der Waals surface area contributed by atoms with E-state index in [9.17, 15) is 14.4 Å². The van der Waals surface area contributed by atoms with Gasteiger partial charge in [0, 0.05) is 19.3 Å². The molecule has 0 aliphatic carbocycles. The molecule has 0 radical (unpaired) electrons. The van der Waals surface area contributed by atoms with Crippen molar-refractivity contribution >= 4 is 17.9 Å². The average Bonchev–Trinajstić information content (AvgIpc) is 3.27. The maximum Gasteiger partial charge on any atom is 0.306 e. The van der Waals surface area contributed by atoms with Crippen LogP contribution in [0.1, 0.15) is 207 Å². The van der Waals surface area contributed by atoms with Crippen LogP contribution in [-0.4, -0.2) is 37.2 Å². The summed E-state index contributed by atoms with van der Waals surface area (Å²) in [7, 11) is 0. The fraction of sp³-hybridized carbons (Fsp3) is 0.625. The normalized spacial score (nSPS) is 13.0. The van der Waals surface area contributed by atoms with Crippen molar-refractivity contribution in [1.82, 2.24) is 0 Å². The lowest BCUT2D eigenvalue weighted by molar-refractivity contribution is -0.167. The summed E-state index contributed by atoms with van der Waals surface area (Å²) in [6, 6.07) is 0. The van der Waals surface area contributed by atoms with E-state index in [1.165, 1.54) is 32.1 Å². The lowest BCUT2D eigenvalue weighted by Gasteiger charge is -2.18. The maximum absolute atomic E-state index is 12.8. The van der Waals surface area contributed by atoms with Gasteiger partial charge in [-0.05, 0) is 103 Å². The maximum atomic E-state index is 12.8. The molecule has 0 aromatic rings. The summed E-state index contributed by atoms with van der Waals surface area (Å²) >= 11 is 0. The number of carbonyl (C=O) groups is 3. The molecular weight excluding hydrogens is 769 g/mol. The molecule has 0 amide bonds. The number of allylic oxidation sites excluding steroid dienone is 18. The van der Waals surface area contributed by atoms with Crippen LogP contribution in [0.2, 0.25) is 0 Å². The monoisotopic (exact) mass is 859 g/mol. The summed E-state index contributed by atoms with van der Waals surface area (Å²) < 4.78 is 16.7. The molecule has 350 valence electrons. The Morgan fingerprint density at radius 2 is 0.710 bits per heavy atom. The summed E-state index contributed by atoms with van der Waals surface area (Å²) in [6.07, 6.45) is 66.4. The van der Waals surface area contributed by atoms with Gasteiger partial charge in [-0.3, -0.25) is 14.4 Å². The van der Waals surface area contributed by atoms with Crippen LogP contribution in [0.4, 0.5) is 0 Å². The summed E-state index contributed by atoms with van der Waals surface area (Å²) in [6.45, 7) is 6.29. The van der Waals surface area contributed by atoms with Crippen LogP contribution < -0.4 is 0 Å². The Bertz CT molecular complexity index is 1310. The van der Waals surface area contributed by atoms with Gasteiger partial charge in [-0.25, -0.2) is 0 Å². The van der Waals surface area contributed by atoms with E-state index in [0.717, 1.165) is 135 Å². The molecule has 0 aliphatic heterocycles. The van der Waals surface area contributed by atoms with Crippen LogP contribution in [0.3, 0.4) is 0 Å². The predicted octanol–water partition coefficient (Wildman–Crippen LogP) is 16.4. The van der Waals surface area contributed by atoms with E-state index in [-0.39, 0.29) is 31.1 Å². The highest BCUT2D eigenvalue weighted by Gasteiger charge is 2.19. The van der Waals surface area contributed by atoms with Crippen molar-refractivity contribution < 1.29 is 28.6 Å². The van der Waals surface area contributed by atoms with Gasteiger partial charge in [0.25, 0.3) is 0 Å². The molecule has 1 atom stereocenters. The predicted molar refractivity (Wildman–Crippen MR) is 265 cm³/mol. The van der Waals surface area contributed by atoms with E-state index in [1.54, 1.807) is 0 Å². The molecule has 6 heteroatoms. The number of ether oxygens (including phenoxy) is 3. The zero-order valence-corrected chi connectivity index (χ0v) is 39.8. The molecule has 0 aliphatic rings. The molecule has 0 heterocycles. The minimum atomic E-state index is -0.807. The minimum absolute atomic E-state index is 0.106. The smallest absolute Gasteiger partial charge is 0.306 e. The Kier molecular flexibility index (Phi) is 46.6. The van der Waals surface area contributed by atoms with Crippen LogP contribution in [0.25, 0.3) is 0 Å². The highest BCUT2D eigenvalue weighted by atomic mass is 16.6. The summed E-state index contributed by atoms with van der Waals surface area (Å²) in [5, 5.41) is 0. The third kappa shape index (κ3) is 47.1. The van der Waals surface area contributed by atoms with E-state index in [0.29, 0.717) is 19.3 Å². The molecule has 0 saturated heterocycles. The van der Waals surface area contributed by atoms with Crippen LogP contribution in [0.15, 0.2) is 109 Å². The first kappa shape index (κ1) is 58.1. The molecule has 0 aromatic carbocycles. The van der Waals surface area contributed by atoms with Crippen LogP contribution in [0, 0.1) is 0 Å². The Morgan fingerprint density at radius 1 is 0.355 bits per heavy atom. The molecular formula is C56H90O6. The highest BCUT2D eigenvalue weighted by Crippen LogP contribution is 2.13. The second kappa shape index (κ2) is 49.7. The second-order valence-corrected chi connectivity index (χ2v) is 16.0. The van der Waals surface area contributed by atoms with Gasteiger partial charge in [-0.15, -0.1) is 0 Å². The first-order chi connectivity index (χ1) is 30.5. The zero-order chi connectivity index (χ0) is 45.1. The molecule has 0 saturated carbocycles. The quantitative estimate of drug-likeness (QED) is 0.0200. The molecule has 6 nitrogen and oxygen atoms in total. The Hall–Kier alpha value is -3.93. The fourth-order valence-corrected chi connectivity index (χ4v) is 6.36. The third-order valence-corrected chi connectivity index (χ3v) is 10.1. The Morgan fingerprint density at radius 3 is 1.19 bits per heavy atom. The van der Waals surface area contributed by atoms with Gasteiger partial charge in [0.05, 0.1) is 0 Å². The Labute approximate surface area is 380 Å². The van der Waals surface area contributed by atoms with Crippen molar-refractivity contribution in [2.75, 3.05) is 13.2 Å². The van der Waals surface area contributed by atoms with Crippen molar-refractivity contribution in [2.24, 2.45) is 0 Å². The zero-order valence-electron chi connectivity index (χ0n) is 39.8. The largest absolute Gasteiger partial charge is 0.462 e. The summed E-state index contributed by atoms with van der Waals surface area (Å²) in [5.41, 5.74) is 0. The van der Waals surface area contributed by atoms with Gasteiger partial charge in [-0.1, -0.05) is 194 Å². The van der Waals surface area contributed by atoms with Crippen LogP contribution in [0.5, 0.6) is 0 Å². The number of carbonyl (C=O) groups excluding carboxylic acids is 3. The summed E-state index contributed by atoms with van der Waals surface area (Å²) in [5.74, 6) is -0.976. The molecule has 0 spiro atoms. The van der Waals surface area contributed by atoms with Crippen molar-refractivity contribution in [1.29, 1.82) is 0 Å². The van der Waals surface area contributed by atoms with Gasteiger partial charge < -0.3 is 14.2 Å². The second-order valence-electron chi connectivity index (χ2n) is 16.0. The van der Waals surface area contributed by atoms with Gasteiger partial charge in [0.1, 0.15) is 13.2 Å². The first-order valence-corrected chi connectivity index (χ1v) is 24.9. The van der Waals surface area contributed by atoms with Crippen LogP contribution >= 0.6 is 0 Å². The van der Waals surface area contributed by atoms with Crippen molar-refractivity contribution in [3.05, 3.63) is 109 Å². The van der Waals surface area contributed by atoms with Gasteiger partial charge in [0.2, 0.25) is 0 Å². The van der Waals surface area contributed by atoms with E-state index < -0.39 is 6.10 Å². The lowest BCUT2D eigenvalue weighted by Crippen LogP contribution is -2.30. The van der Waals surface area contributed by atoms with Gasteiger partial charge >= 0.3 is 17.9 Å². The van der Waals surface area contributed by atoms with E-state index in [2.05, 4.69) is 130 Å². The fourth-order valence-electron chi connectivity index (χ4n) is 6.36. The SMILES string of the molecule is CC/C=C/C=C/C=C/CCCCCCCC(=O)OCC(COC(=O)CCCCC/C=C/C/C=C/C/C=C/C/C=C/CC)OC(=O)CCCCCCCC/C=C/C=C/CCCCC. The average molecular weight is 859 g/mol. The van der Waals surface area contributed by atoms with E-state index in [4.69, 9.17) is 14.2 Å². The number of hydrogen-bond acceptors (Lipinski definition) is 6. The number of unbranched alkanes of at least 4 members (excludes halogenated alkanes) is 17. The molecule has 0 bridgehead atoms. The van der Waals surface area contributed by atoms with Gasteiger partial charge in [0.15, 0.2) is 6.10 Å². The number of hydrogen-bond donors (Lipinski definition) is 0. The molecule has 1 unspecified atom stereocenters. The van der Waals surface area contributed by atoms with Gasteiger partial charge in [-0.2, -0.15) is 0 Å². The minimum Gasteiger partial charge on any atom is -0.462 e. The highest BCUT2D eigenvalue weighted by molar-refractivity contribution is 5.71. The molecule has 0 fully saturated rings. The number of esters is 3. The number of rotatable bonds is 43.